The fraction of sp³-hybridized carbons (Fsp3) is 0.250. The lowest BCUT2D eigenvalue weighted by atomic mass is 9.99. The van der Waals surface area contributed by atoms with Crippen molar-refractivity contribution < 1.29 is 14.3 Å². The normalized spacial score (nSPS) is 10.6. The highest BCUT2D eigenvalue weighted by Crippen LogP contribution is 2.26. The van der Waals surface area contributed by atoms with Crippen LogP contribution in [0.15, 0.2) is 30.3 Å². The van der Waals surface area contributed by atoms with Gasteiger partial charge in [-0.2, -0.15) is 0 Å². The van der Waals surface area contributed by atoms with Gasteiger partial charge in [-0.05, 0) is 37.1 Å². The van der Waals surface area contributed by atoms with Gasteiger partial charge in [0.25, 0.3) is 0 Å². The Bertz CT molecular complexity index is 653. The summed E-state index contributed by atoms with van der Waals surface area (Å²) in [6, 6.07) is 7.68. The van der Waals surface area contributed by atoms with E-state index in [4.69, 9.17) is 0 Å². The fourth-order valence-corrected chi connectivity index (χ4v) is 2.22. The molecule has 104 valence electrons. The summed E-state index contributed by atoms with van der Waals surface area (Å²) in [6.45, 7) is 3.79. The summed E-state index contributed by atoms with van der Waals surface area (Å²) in [6.07, 6.45) is 1.44. The molecule has 0 amide bonds. The van der Waals surface area contributed by atoms with Crippen molar-refractivity contribution in [3.63, 3.8) is 0 Å². The molecule has 3 nitrogen and oxygen atoms in total. The van der Waals surface area contributed by atoms with Crippen LogP contribution in [0.4, 0.5) is 4.39 Å². The summed E-state index contributed by atoms with van der Waals surface area (Å²) in [7, 11) is 0. The minimum Gasteiger partial charge on any atom is -0.478 e. The maximum Gasteiger partial charge on any atom is 0.337 e. The first-order valence-electron chi connectivity index (χ1n) is 6.52. The Morgan fingerprint density at radius 3 is 2.70 bits per heavy atom. The van der Waals surface area contributed by atoms with Gasteiger partial charge < -0.3 is 5.11 Å². The van der Waals surface area contributed by atoms with E-state index >= 15 is 0 Å². The van der Waals surface area contributed by atoms with E-state index in [1.807, 2.05) is 13.8 Å². The molecule has 2 aromatic rings. The number of carboxylic acid groups (broad SMARTS) is 1. The number of halogens is 1. The molecule has 20 heavy (non-hydrogen) atoms. The van der Waals surface area contributed by atoms with E-state index in [1.54, 1.807) is 18.2 Å². The van der Waals surface area contributed by atoms with Gasteiger partial charge in [-0.25, -0.2) is 9.18 Å². The van der Waals surface area contributed by atoms with Gasteiger partial charge in [-0.1, -0.05) is 25.5 Å². The summed E-state index contributed by atoms with van der Waals surface area (Å²) < 4.78 is 13.3. The molecule has 4 heteroatoms. The van der Waals surface area contributed by atoms with Crippen molar-refractivity contribution in [1.82, 2.24) is 4.98 Å². The van der Waals surface area contributed by atoms with Crippen LogP contribution in [0, 0.1) is 12.7 Å². The molecule has 0 fully saturated rings. The van der Waals surface area contributed by atoms with Crippen LogP contribution in [0.3, 0.4) is 0 Å². The SMILES string of the molecule is CCCc1nc(C)c(-c2cccc(F)c2)cc1C(=O)O. The number of aryl methyl sites for hydroxylation is 2. The number of rotatable bonds is 4. The van der Waals surface area contributed by atoms with Gasteiger partial charge in [-0.3, -0.25) is 4.98 Å². The van der Waals surface area contributed by atoms with E-state index in [0.717, 1.165) is 6.42 Å². The largest absolute Gasteiger partial charge is 0.478 e. The molecule has 1 aromatic carbocycles. The zero-order chi connectivity index (χ0) is 14.7. The van der Waals surface area contributed by atoms with Crippen LogP contribution >= 0.6 is 0 Å². The van der Waals surface area contributed by atoms with Crippen LogP contribution in [-0.2, 0) is 6.42 Å². The Balaban J connectivity index is 2.60. The van der Waals surface area contributed by atoms with Crippen LogP contribution in [0.5, 0.6) is 0 Å². The lowest BCUT2D eigenvalue weighted by molar-refractivity contribution is 0.0695. The zero-order valence-electron chi connectivity index (χ0n) is 11.5. The molecule has 0 radical (unpaired) electrons. The molecule has 0 aliphatic heterocycles. The molecule has 0 atom stereocenters. The van der Waals surface area contributed by atoms with E-state index < -0.39 is 5.97 Å². The second-order valence-corrected chi connectivity index (χ2v) is 4.68. The van der Waals surface area contributed by atoms with E-state index in [2.05, 4.69) is 4.98 Å². The topological polar surface area (TPSA) is 50.2 Å². The molecule has 0 spiro atoms. The predicted octanol–water partition coefficient (Wildman–Crippen LogP) is 3.85. The maximum absolute atomic E-state index is 13.3. The number of hydrogen-bond acceptors (Lipinski definition) is 2. The van der Waals surface area contributed by atoms with E-state index in [-0.39, 0.29) is 11.4 Å². The predicted molar refractivity (Wildman–Crippen MR) is 75.3 cm³/mol. The minimum atomic E-state index is -1.00. The standard InChI is InChI=1S/C16H16FNO2/c1-3-5-15-14(16(19)20)9-13(10(2)18-15)11-6-4-7-12(17)8-11/h4,6-9H,3,5H2,1-2H3,(H,19,20). The lowest BCUT2D eigenvalue weighted by Gasteiger charge is -2.11. The van der Waals surface area contributed by atoms with Gasteiger partial charge in [0.05, 0.1) is 11.3 Å². The highest BCUT2D eigenvalue weighted by atomic mass is 19.1. The average Bonchev–Trinajstić information content (AvgIpc) is 2.38. The van der Waals surface area contributed by atoms with Gasteiger partial charge in [0.1, 0.15) is 5.82 Å². The average molecular weight is 273 g/mol. The van der Waals surface area contributed by atoms with Gasteiger partial charge in [0.2, 0.25) is 0 Å². The fourth-order valence-electron chi connectivity index (χ4n) is 2.22. The number of nitrogens with zero attached hydrogens (tertiary/aromatic N) is 1. The molecular formula is C16H16FNO2. The van der Waals surface area contributed by atoms with Crippen LogP contribution in [-0.4, -0.2) is 16.1 Å². The first-order valence-corrected chi connectivity index (χ1v) is 6.52. The second-order valence-electron chi connectivity index (χ2n) is 4.68. The number of aromatic carboxylic acids is 1. The number of benzene rings is 1. The van der Waals surface area contributed by atoms with E-state index in [0.29, 0.717) is 28.9 Å². The quantitative estimate of drug-likeness (QED) is 0.920. The number of hydrogen-bond donors (Lipinski definition) is 1. The Hall–Kier alpha value is -2.23. The Kier molecular flexibility index (Phi) is 4.13. The van der Waals surface area contributed by atoms with Crippen LogP contribution in [0.1, 0.15) is 35.1 Å². The van der Waals surface area contributed by atoms with Crippen molar-refractivity contribution in [3.8, 4) is 11.1 Å². The zero-order valence-corrected chi connectivity index (χ0v) is 11.5. The van der Waals surface area contributed by atoms with Crippen molar-refractivity contribution in [1.29, 1.82) is 0 Å². The summed E-state index contributed by atoms with van der Waals surface area (Å²) in [4.78, 5) is 15.7. The Morgan fingerprint density at radius 1 is 1.35 bits per heavy atom. The van der Waals surface area contributed by atoms with Crippen molar-refractivity contribution in [2.24, 2.45) is 0 Å². The molecule has 1 N–H and O–H groups in total. The molecule has 0 saturated carbocycles. The Morgan fingerprint density at radius 2 is 2.10 bits per heavy atom. The second kappa shape index (κ2) is 5.82. The highest BCUT2D eigenvalue weighted by molar-refractivity contribution is 5.91. The molecule has 2 rings (SSSR count). The maximum atomic E-state index is 13.3. The summed E-state index contributed by atoms with van der Waals surface area (Å²) in [5.41, 5.74) is 2.78. The van der Waals surface area contributed by atoms with Gasteiger partial charge in [0, 0.05) is 11.3 Å². The third-order valence-electron chi connectivity index (χ3n) is 3.14. The van der Waals surface area contributed by atoms with Crippen molar-refractivity contribution in [3.05, 3.63) is 53.1 Å². The minimum absolute atomic E-state index is 0.191. The van der Waals surface area contributed by atoms with Gasteiger partial charge in [-0.15, -0.1) is 0 Å². The third kappa shape index (κ3) is 2.85. The van der Waals surface area contributed by atoms with Gasteiger partial charge >= 0.3 is 5.97 Å². The summed E-state index contributed by atoms with van der Waals surface area (Å²) in [5.74, 6) is -1.35. The first-order chi connectivity index (χ1) is 9.52. The number of carbonyl (C=O) groups is 1. The molecule has 1 aromatic heterocycles. The summed E-state index contributed by atoms with van der Waals surface area (Å²) >= 11 is 0. The monoisotopic (exact) mass is 273 g/mol. The smallest absolute Gasteiger partial charge is 0.337 e. The molecule has 0 aliphatic rings. The van der Waals surface area contributed by atoms with E-state index in [1.165, 1.54) is 12.1 Å². The molecule has 1 heterocycles. The van der Waals surface area contributed by atoms with Crippen LogP contribution < -0.4 is 0 Å². The first kappa shape index (κ1) is 14.2. The summed E-state index contributed by atoms with van der Waals surface area (Å²) in [5, 5.41) is 9.30. The van der Waals surface area contributed by atoms with Crippen molar-refractivity contribution in [2.75, 3.05) is 0 Å². The van der Waals surface area contributed by atoms with Crippen LogP contribution in [0.25, 0.3) is 11.1 Å². The highest BCUT2D eigenvalue weighted by Gasteiger charge is 2.15. The molecule has 0 unspecified atom stereocenters. The number of carboxylic acids is 1. The molecule has 0 saturated heterocycles. The van der Waals surface area contributed by atoms with E-state index in [9.17, 15) is 14.3 Å². The molecule has 0 aliphatic carbocycles. The Labute approximate surface area is 117 Å². The van der Waals surface area contributed by atoms with Crippen molar-refractivity contribution in [2.45, 2.75) is 26.7 Å². The molecule has 0 bridgehead atoms. The number of pyridine rings is 1. The lowest BCUT2D eigenvalue weighted by Crippen LogP contribution is -2.07. The number of aromatic nitrogens is 1. The van der Waals surface area contributed by atoms with Crippen molar-refractivity contribution >= 4 is 5.97 Å². The van der Waals surface area contributed by atoms with Crippen LogP contribution in [0.2, 0.25) is 0 Å². The third-order valence-corrected chi connectivity index (χ3v) is 3.14. The van der Waals surface area contributed by atoms with Gasteiger partial charge in [0.15, 0.2) is 0 Å². The molecular weight excluding hydrogens is 257 g/mol.